The van der Waals surface area contributed by atoms with Gasteiger partial charge in [-0.15, -0.1) is 0 Å². The summed E-state index contributed by atoms with van der Waals surface area (Å²) >= 11 is 0. The zero-order valence-electron chi connectivity index (χ0n) is 7.00. The lowest BCUT2D eigenvalue weighted by atomic mass is 10.3. The van der Waals surface area contributed by atoms with Gasteiger partial charge in [-0.2, -0.15) is 0 Å². The molecule has 0 saturated carbocycles. The van der Waals surface area contributed by atoms with Crippen LogP contribution in [0.1, 0.15) is 20.3 Å². The largest absolute Gasteiger partial charge is 0.329 e. The van der Waals surface area contributed by atoms with Gasteiger partial charge >= 0.3 is 0 Å². The minimum Gasteiger partial charge on any atom is -0.329 e. The minimum absolute atomic E-state index is 0.00606. The lowest BCUT2D eigenvalue weighted by molar-refractivity contribution is 0.556. The van der Waals surface area contributed by atoms with Crippen molar-refractivity contribution in [3.05, 3.63) is 0 Å². The molecule has 1 atom stereocenters. The molecule has 0 saturated heterocycles. The maximum absolute atomic E-state index is 11.0. The van der Waals surface area contributed by atoms with Gasteiger partial charge in [-0.25, -0.2) is 13.1 Å². The van der Waals surface area contributed by atoms with Crippen LogP contribution < -0.4 is 10.5 Å². The molecule has 0 heterocycles. The number of hydrogen-bond acceptors (Lipinski definition) is 3. The van der Waals surface area contributed by atoms with Crippen LogP contribution in [-0.2, 0) is 10.0 Å². The molecule has 68 valence electrons. The van der Waals surface area contributed by atoms with Gasteiger partial charge in [-0.05, 0) is 13.3 Å². The van der Waals surface area contributed by atoms with E-state index in [-0.39, 0.29) is 18.3 Å². The zero-order chi connectivity index (χ0) is 8.91. The highest BCUT2D eigenvalue weighted by atomic mass is 32.2. The van der Waals surface area contributed by atoms with Crippen LogP contribution in [0.3, 0.4) is 0 Å². The molecule has 4 nitrogen and oxygen atoms in total. The zero-order valence-corrected chi connectivity index (χ0v) is 7.82. The highest BCUT2D eigenvalue weighted by Crippen LogP contribution is 1.92. The second kappa shape index (κ2) is 4.69. The molecule has 1 unspecified atom stereocenters. The fourth-order valence-electron chi connectivity index (χ4n) is 0.604. The van der Waals surface area contributed by atoms with Crippen LogP contribution >= 0.6 is 0 Å². The lowest BCUT2D eigenvalue weighted by Gasteiger charge is -2.10. The molecule has 0 aromatic carbocycles. The summed E-state index contributed by atoms with van der Waals surface area (Å²) in [5.74, 6) is 0.0112. The molecular formula is C6H16N2O2S. The molecule has 11 heavy (non-hydrogen) atoms. The van der Waals surface area contributed by atoms with E-state index in [1.807, 2.05) is 13.8 Å². The van der Waals surface area contributed by atoms with Crippen molar-refractivity contribution in [2.45, 2.75) is 26.3 Å². The van der Waals surface area contributed by atoms with Crippen LogP contribution in [0, 0.1) is 0 Å². The van der Waals surface area contributed by atoms with Gasteiger partial charge in [0, 0.05) is 12.6 Å². The van der Waals surface area contributed by atoms with Crippen molar-refractivity contribution in [1.82, 2.24) is 4.72 Å². The molecule has 0 aliphatic heterocycles. The second-order valence-electron chi connectivity index (χ2n) is 2.53. The smallest absolute Gasteiger partial charge is 0.213 e. The predicted molar refractivity (Wildman–Crippen MR) is 45.7 cm³/mol. The SMILES string of the molecule is CCC(C)NS(=O)(=O)CCN. The van der Waals surface area contributed by atoms with Gasteiger partial charge in [0.05, 0.1) is 5.75 Å². The number of nitrogens with one attached hydrogen (secondary N) is 1. The van der Waals surface area contributed by atoms with Crippen molar-refractivity contribution in [3.63, 3.8) is 0 Å². The predicted octanol–water partition coefficient (Wildman–Crippen LogP) is -0.337. The van der Waals surface area contributed by atoms with E-state index >= 15 is 0 Å². The fourth-order valence-corrected chi connectivity index (χ4v) is 1.81. The maximum Gasteiger partial charge on any atom is 0.213 e. The average Bonchev–Trinajstić information content (AvgIpc) is 1.86. The highest BCUT2D eigenvalue weighted by molar-refractivity contribution is 7.89. The van der Waals surface area contributed by atoms with E-state index in [1.54, 1.807) is 0 Å². The van der Waals surface area contributed by atoms with Crippen LogP contribution in [0.4, 0.5) is 0 Å². The molecule has 0 bridgehead atoms. The Labute approximate surface area is 68.2 Å². The first-order valence-electron chi connectivity index (χ1n) is 3.72. The average molecular weight is 180 g/mol. The lowest BCUT2D eigenvalue weighted by Crippen LogP contribution is -2.35. The Hall–Kier alpha value is -0.130. The molecule has 0 aromatic rings. The maximum atomic E-state index is 11.0. The molecule has 3 N–H and O–H groups in total. The summed E-state index contributed by atoms with van der Waals surface area (Å²) in [5, 5.41) is 0. The first-order chi connectivity index (χ1) is 5.02. The van der Waals surface area contributed by atoms with E-state index in [0.29, 0.717) is 0 Å². The van der Waals surface area contributed by atoms with Crippen molar-refractivity contribution < 1.29 is 8.42 Å². The van der Waals surface area contributed by atoms with Gasteiger partial charge in [0.15, 0.2) is 0 Å². The van der Waals surface area contributed by atoms with Crippen molar-refractivity contribution in [2.75, 3.05) is 12.3 Å². The summed E-state index contributed by atoms with van der Waals surface area (Å²) < 4.78 is 24.5. The molecule has 0 radical (unpaired) electrons. The first kappa shape index (κ1) is 10.9. The van der Waals surface area contributed by atoms with Gasteiger partial charge in [0.25, 0.3) is 0 Å². The van der Waals surface area contributed by atoms with Gasteiger partial charge in [-0.3, -0.25) is 0 Å². The number of nitrogens with two attached hydrogens (primary N) is 1. The van der Waals surface area contributed by atoms with E-state index in [4.69, 9.17) is 5.73 Å². The third kappa shape index (κ3) is 5.17. The van der Waals surface area contributed by atoms with E-state index in [0.717, 1.165) is 6.42 Å². The Kier molecular flexibility index (Phi) is 4.63. The Balaban J connectivity index is 3.92. The third-order valence-electron chi connectivity index (χ3n) is 1.38. The standard InChI is InChI=1S/C6H16N2O2S/c1-3-6(2)8-11(9,10)5-4-7/h6,8H,3-5,7H2,1-2H3. The summed E-state index contributed by atoms with van der Waals surface area (Å²) in [5.41, 5.74) is 5.11. The molecule has 0 rings (SSSR count). The van der Waals surface area contributed by atoms with Gasteiger partial charge < -0.3 is 5.73 Å². The summed E-state index contributed by atoms with van der Waals surface area (Å²) in [6, 6.07) is 0.00606. The number of sulfonamides is 1. The Bertz CT molecular complexity index is 189. The molecule has 0 fully saturated rings. The minimum atomic E-state index is -3.12. The van der Waals surface area contributed by atoms with Crippen LogP contribution in [-0.4, -0.2) is 26.8 Å². The van der Waals surface area contributed by atoms with Gasteiger partial charge in [0.1, 0.15) is 0 Å². The Morgan fingerprint density at radius 1 is 1.55 bits per heavy atom. The summed E-state index contributed by atoms with van der Waals surface area (Å²) in [4.78, 5) is 0. The van der Waals surface area contributed by atoms with Gasteiger partial charge in [-0.1, -0.05) is 6.92 Å². The number of rotatable bonds is 5. The highest BCUT2D eigenvalue weighted by Gasteiger charge is 2.10. The van der Waals surface area contributed by atoms with Crippen LogP contribution in [0.25, 0.3) is 0 Å². The topological polar surface area (TPSA) is 72.2 Å². The van der Waals surface area contributed by atoms with Crippen molar-refractivity contribution in [1.29, 1.82) is 0 Å². The molecule has 0 aliphatic carbocycles. The normalized spacial score (nSPS) is 14.8. The second-order valence-corrected chi connectivity index (χ2v) is 4.41. The Morgan fingerprint density at radius 2 is 2.09 bits per heavy atom. The molecule has 0 aliphatic rings. The van der Waals surface area contributed by atoms with Crippen molar-refractivity contribution in [2.24, 2.45) is 5.73 Å². The quantitative estimate of drug-likeness (QED) is 0.608. The summed E-state index contributed by atoms with van der Waals surface area (Å²) in [6.07, 6.45) is 0.795. The summed E-state index contributed by atoms with van der Waals surface area (Å²) in [7, 11) is -3.12. The van der Waals surface area contributed by atoms with Crippen LogP contribution in [0.2, 0.25) is 0 Å². The monoisotopic (exact) mass is 180 g/mol. The van der Waals surface area contributed by atoms with Crippen molar-refractivity contribution in [3.8, 4) is 0 Å². The number of hydrogen-bond donors (Lipinski definition) is 2. The fraction of sp³-hybridized carbons (Fsp3) is 1.00. The van der Waals surface area contributed by atoms with Crippen molar-refractivity contribution >= 4 is 10.0 Å². The van der Waals surface area contributed by atoms with E-state index in [9.17, 15) is 8.42 Å². The molecular weight excluding hydrogens is 164 g/mol. The molecule has 0 amide bonds. The summed E-state index contributed by atoms with van der Waals surface area (Å²) in [6.45, 7) is 3.93. The first-order valence-corrected chi connectivity index (χ1v) is 5.37. The molecule has 0 spiro atoms. The van der Waals surface area contributed by atoms with Crippen LogP contribution in [0.15, 0.2) is 0 Å². The molecule has 0 aromatic heterocycles. The van der Waals surface area contributed by atoms with E-state index in [2.05, 4.69) is 4.72 Å². The molecule has 5 heteroatoms. The van der Waals surface area contributed by atoms with Gasteiger partial charge in [0.2, 0.25) is 10.0 Å². The van der Waals surface area contributed by atoms with E-state index in [1.165, 1.54) is 0 Å². The van der Waals surface area contributed by atoms with Crippen LogP contribution in [0.5, 0.6) is 0 Å². The van der Waals surface area contributed by atoms with E-state index < -0.39 is 10.0 Å². The third-order valence-corrected chi connectivity index (χ3v) is 2.91. The Morgan fingerprint density at radius 3 is 2.45 bits per heavy atom.